The Morgan fingerprint density at radius 2 is 2.07 bits per heavy atom. The molecule has 4 fully saturated rings. The molecule has 0 saturated heterocycles. The Hall–Kier alpha value is -0.860. The molecule has 4 aliphatic carbocycles. The second-order valence-electron chi connectivity index (χ2n) is 5.35. The topological polar surface area (TPSA) is 43.4 Å². The number of carbonyl (C=O) groups excluding carboxylic acids is 2. The van der Waals surface area contributed by atoms with E-state index < -0.39 is 0 Å². The minimum absolute atomic E-state index is 0.0325. The molecule has 5 atom stereocenters. The maximum atomic E-state index is 12.0. The maximum absolute atomic E-state index is 12.0. The molecule has 4 aliphatic rings. The third-order valence-electron chi connectivity index (χ3n) is 4.36. The number of Topliss-reactive ketones (excluding diaryl/α,β-unsaturated/α-hetero) is 1. The van der Waals surface area contributed by atoms with E-state index in [1.165, 1.54) is 6.92 Å². The van der Waals surface area contributed by atoms with E-state index in [0.29, 0.717) is 17.6 Å². The minimum Gasteiger partial charge on any atom is -0.461 e. The third kappa shape index (κ3) is 1.32. The van der Waals surface area contributed by atoms with Crippen molar-refractivity contribution in [2.24, 2.45) is 23.7 Å². The predicted molar refractivity (Wildman–Crippen MR) is 53.0 cm³/mol. The highest BCUT2D eigenvalue weighted by Gasteiger charge is 2.54. The lowest BCUT2D eigenvalue weighted by molar-refractivity contribution is -0.173. The maximum Gasteiger partial charge on any atom is 0.302 e. The van der Waals surface area contributed by atoms with E-state index in [1.807, 2.05) is 0 Å². The van der Waals surface area contributed by atoms with Gasteiger partial charge in [0.1, 0.15) is 11.9 Å². The first-order valence-electron chi connectivity index (χ1n) is 5.86. The van der Waals surface area contributed by atoms with Crippen molar-refractivity contribution in [2.45, 2.75) is 38.7 Å². The molecule has 15 heavy (non-hydrogen) atoms. The largest absolute Gasteiger partial charge is 0.461 e. The SMILES string of the molecule is CC(=O)O[C@@H]1[C@@H]2C[C@H]3C[C@@H](C2)C(=O)[C@@H]1C3. The van der Waals surface area contributed by atoms with E-state index in [4.69, 9.17) is 4.74 Å². The van der Waals surface area contributed by atoms with Crippen molar-refractivity contribution in [3.63, 3.8) is 0 Å². The van der Waals surface area contributed by atoms with E-state index >= 15 is 0 Å². The number of ether oxygens (including phenoxy) is 1. The predicted octanol–water partition coefficient (Wildman–Crippen LogP) is 1.55. The molecule has 0 aromatic heterocycles. The number of rotatable bonds is 1. The number of esters is 1. The molecular weight excluding hydrogens is 192 g/mol. The van der Waals surface area contributed by atoms with Crippen LogP contribution in [-0.2, 0) is 14.3 Å². The van der Waals surface area contributed by atoms with Crippen molar-refractivity contribution in [3.05, 3.63) is 0 Å². The summed E-state index contributed by atoms with van der Waals surface area (Å²) in [6.45, 7) is 1.44. The number of carbonyl (C=O) groups is 2. The smallest absolute Gasteiger partial charge is 0.302 e. The van der Waals surface area contributed by atoms with Gasteiger partial charge in [0.05, 0.1) is 5.92 Å². The lowest BCUT2D eigenvalue weighted by Gasteiger charge is -2.52. The summed E-state index contributed by atoms with van der Waals surface area (Å²) < 4.78 is 5.34. The van der Waals surface area contributed by atoms with Gasteiger partial charge >= 0.3 is 5.97 Å². The minimum atomic E-state index is -0.236. The van der Waals surface area contributed by atoms with Crippen LogP contribution in [0.4, 0.5) is 0 Å². The van der Waals surface area contributed by atoms with Crippen molar-refractivity contribution in [1.82, 2.24) is 0 Å². The summed E-state index contributed by atoms with van der Waals surface area (Å²) in [7, 11) is 0. The molecule has 4 saturated carbocycles. The van der Waals surface area contributed by atoms with Gasteiger partial charge in [-0.25, -0.2) is 0 Å². The third-order valence-corrected chi connectivity index (χ3v) is 4.36. The van der Waals surface area contributed by atoms with Crippen molar-refractivity contribution in [2.75, 3.05) is 0 Å². The average Bonchev–Trinajstić information content (AvgIpc) is 2.18. The zero-order valence-electron chi connectivity index (χ0n) is 8.94. The van der Waals surface area contributed by atoms with Crippen LogP contribution in [0, 0.1) is 23.7 Å². The quantitative estimate of drug-likeness (QED) is 0.614. The van der Waals surface area contributed by atoms with Gasteiger partial charge in [-0.1, -0.05) is 0 Å². The molecule has 3 nitrogen and oxygen atoms in total. The normalized spacial score (nSPS) is 47.0. The van der Waals surface area contributed by atoms with Crippen molar-refractivity contribution in [1.29, 1.82) is 0 Å². The zero-order valence-corrected chi connectivity index (χ0v) is 8.94. The Morgan fingerprint density at radius 3 is 2.80 bits per heavy atom. The summed E-state index contributed by atoms with van der Waals surface area (Å²) in [5, 5.41) is 0. The Morgan fingerprint density at radius 1 is 1.27 bits per heavy atom. The van der Waals surface area contributed by atoms with Gasteiger partial charge in [-0.05, 0) is 37.5 Å². The highest BCUT2D eigenvalue weighted by molar-refractivity contribution is 5.86. The van der Waals surface area contributed by atoms with Crippen molar-refractivity contribution >= 4 is 11.8 Å². The molecule has 0 aliphatic heterocycles. The molecule has 0 aromatic rings. The Labute approximate surface area is 89.2 Å². The Balaban J connectivity index is 1.85. The van der Waals surface area contributed by atoms with Crippen LogP contribution in [-0.4, -0.2) is 17.9 Å². The summed E-state index contributed by atoms with van der Waals surface area (Å²) in [6, 6.07) is 0. The van der Waals surface area contributed by atoms with E-state index in [-0.39, 0.29) is 18.0 Å². The van der Waals surface area contributed by atoms with Crippen LogP contribution in [0.3, 0.4) is 0 Å². The second kappa shape index (κ2) is 3.06. The van der Waals surface area contributed by atoms with Gasteiger partial charge in [0.25, 0.3) is 0 Å². The molecule has 3 heteroatoms. The molecule has 0 aromatic carbocycles. The molecule has 0 N–H and O–H groups in total. The van der Waals surface area contributed by atoms with E-state index in [1.54, 1.807) is 0 Å². The molecular formula is C12H16O3. The Kier molecular flexibility index (Phi) is 1.91. The van der Waals surface area contributed by atoms with Crippen molar-refractivity contribution in [3.8, 4) is 0 Å². The van der Waals surface area contributed by atoms with E-state index in [9.17, 15) is 9.59 Å². The van der Waals surface area contributed by atoms with Gasteiger partial charge < -0.3 is 4.74 Å². The number of hydrogen-bond acceptors (Lipinski definition) is 3. The zero-order chi connectivity index (χ0) is 10.6. The lowest BCUT2D eigenvalue weighted by atomic mass is 9.54. The van der Waals surface area contributed by atoms with Gasteiger partial charge in [-0.15, -0.1) is 0 Å². The summed E-state index contributed by atoms with van der Waals surface area (Å²) in [5.74, 6) is 1.65. The molecule has 0 spiro atoms. The van der Waals surface area contributed by atoms with Crippen LogP contribution >= 0.6 is 0 Å². The average molecular weight is 208 g/mol. The molecule has 4 bridgehead atoms. The molecule has 0 unspecified atom stereocenters. The lowest BCUT2D eigenvalue weighted by Crippen LogP contribution is -2.55. The summed E-state index contributed by atoms with van der Waals surface area (Å²) in [4.78, 5) is 23.0. The van der Waals surface area contributed by atoms with Crippen molar-refractivity contribution < 1.29 is 14.3 Å². The highest BCUT2D eigenvalue weighted by Crippen LogP contribution is 2.52. The monoisotopic (exact) mass is 208 g/mol. The number of hydrogen-bond donors (Lipinski definition) is 0. The molecule has 4 rings (SSSR count). The van der Waals surface area contributed by atoms with E-state index in [0.717, 1.165) is 31.6 Å². The van der Waals surface area contributed by atoms with Crippen LogP contribution in [0.15, 0.2) is 0 Å². The summed E-state index contributed by atoms with van der Waals surface area (Å²) >= 11 is 0. The van der Waals surface area contributed by atoms with Gasteiger partial charge in [0.2, 0.25) is 0 Å². The fourth-order valence-electron chi connectivity index (χ4n) is 3.95. The van der Waals surface area contributed by atoms with Crippen LogP contribution in [0.5, 0.6) is 0 Å². The van der Waals surface area contributed by atoms with E-state index in [2.05, 4.69) is 0 Å². The number of ketones is 1. The second-order valence-corrected chi connectivity index (χ2v) is 5.35. The molecule has 0 radical (unpaired) electrons. The van der Waals surface area contributed by atoms with Crippen LogP contribution in [0.25, 0.3) is 0 Å². The van der Waals surface area contributed by atoms with Gasteiger partial charge in [0.15, 0.2) is 0 Å². The fraction of sp³-hybridized carbons (Fsp3) is 0.833. The fourth-order valence-corrected chi connectivity index (χ4v) is 3.95. The van der Waals surface area contributed by atoms with Crippen LogP contribution in [0.2, 0.25) is 0 Å². The van der Waals surface area contributed by atoms with Gasteiger partial charge in [0, 0.05) is 12.8 Å². The van der Waals surface area contributed by atoms with Gasteiger partial charge in [-0.2, -0.15) is 0 Å². The Bertz CT molecular complexity index is 323. The first kappa shape index (κ1) is 9.37. The van der Waals surface area contributed by atoms with Crippen LogP contribution in [0.1, 0.15) is 32.6 Å². The van der Waals surface area contributed by atoms with Gasteiger partial charge in [-0.3, -0.25) is 9.59 Å². The molecule has 0 heterocycles. The molecule has 0 amide bonds. The molecule has 82 valence electrons. The summed E-state index contributed by atoms with van der Waals surface area (Å²) in [5.41, 5.74) is 0. The van der Waals surface area contributed by atoms with Crippen LogP contribution < -0.4 is 0 Å². The standard InChI is InChI=1S/C12H16O3/c1-6(13)15-12-9-3-7-2-8(5-9)11(14)10(12)4-7/h7-10,12H,2-5H2,1H3/t7-,8+,9-,10+,12-/m1/s1. The first-order chi connectivity index (χ1) is 7.15. The first-order valence-corrected chi connectivity index (χ1v) is 5.86. The summed E-state index contributed by atoms with van der Waals surface area (Å²) in [6.07, 6.45) is 4.09. The highest BCUT2D eigenvalue weighted by atomic mass is 16.5.